The van der Waals surface area contributed by atoms with Crippen LogP contribution < -0.4 is 5.32 Å². The molecule has 3 aromatic rings. The summed E-state index contributed by atoms with van der Waals surface area (Å²) < 4.78 is 14.6. The summed E-state index contributed by atoms with van der Waals surface area (Å²) >= 11 is 12.2. The van der Waals surface area contributed by atoms with Crippen molar-refractivity contribution in [3.63, 3.8) is 0 Å². The number of benzene rings is 3. The van der Waals surface area contributed by atoms with Crippen LogP contribution in [0.3, 0.4) is 0 Å². The number of nitrogens with one attached hydrogen (secondary N) is 1. The molecule has 0 amide bonds. The number of anilines is 1. The first-order chi connectivity index (χ1) is 15.4. The Balaban J connectivity index is 1.53. The van der Waals surface area contributed by atoms with Crippen molar-refractivity contribution in [2.45, 2.75) is 33.9 Å². The van der Waals surface area contributed by atoms with Gasteiger partial charge in [-0.1, -0.05) is 40.2 Å². The van der Waals surface area contributed by atoms with Crippen molar-refractivity contribution in [1.82, 2.24) is 0 Å². The number of halogens is 3. The largest absolute Gasteiger partial charge is 0.378 e. The predicted molar refractivity (Wildman–Crippen MR) is 130 cm³/mol. The number of hydrogen-bond donors (Lipinski definition) is 1. The molecule has 2 aliphatic rings. The van der Waals surface area contributed by atoms with E-state index < -0.39 is 0 Å². The third-order valence-electron chi connectivity index (χ3n) is 6.35. The number of rotatable bonds is 4. The molecule has 164 valence electrons. The van der Waals surface area contributed by atoms with Gasteiger partial charge in [-0.3, -0.25) is 10.1 Å². The topological polar surface area (TPSA) is 55.2 Å². The van der Waals surface area contributed by atoms with Crippen molar-refractivity contribution in [3.05, 3.63) is 98.3 Å². The van der Waals surface area contributed by atoms with E-state index in [9.17, 15) is 14.5 Å². The minimum atomic E-state index is -0.344. The van der Waals surface area contributed by atoms with Gasteiger partial charge < -0.3 is 5.32 Å². The smallest absolute Gasteiger partial charge is 0.282 e. The molecule has 0 saturated heterocycles. The molecule has 8 heteroatoms. The first kappa shape index (κ1) is 21.7. The molecule has 5 atom stereocenters. The van der Waals surface area contributed by atoms with E-state index in [0.29, 0.717) is 4.90 Å². The fourth-order valence-corrected chi connectivity index (χ4v) is 7.28. The van der Waals surface area contributed by atoms with Crippen LogP contribution in [0.15, 0.2) is 76.1 Å². The zero-order valence-electron chi connectivity index (χ0n) is 16.8. The maximum Gasteiger partial charge on any atom is 0.282 e. The zero-order valence-corrected chi connectivity index (χ0v) is 19.9. The molecule has 32 heavy (non-hydrogen) atoms. The Morgan fingerprint density at radius 1 is 1.12 bits per heavy atom. The predicted octanol–water partition coefficient (Wildman–Crippen LogP) is 7.54. The second-order valence-electron chi connectivity index (χ2n) is 8.16. The molecule has 1 aliphatic carbocycles. The summed E-state index contributed by atoms with van der Waals surface area (Å²) in [5.41, 5.74) is 3.28. The van der Waals surface area contributed by atoms with Crippen LogP contribution in [0.4, 0.5) is 15.8 Å². The normalized spacial score (nSPS) is 26.2. The fourth-order valence-electron chi connectivity index (χ4n) is 4.96. The SMILES string of the molecule is O=[N+]([O-])c1ccccc1S[C@@H]1C[C@H]2[C@@H](c3cc(Br)ccc3N[C@H]2c2ccc(F)cc2)[C@@H]1Cl. The van der Waals surface area contributed by atoms with E-state index in [4.69, 9.17) is 11.6 Å². The van der Waals surface area contributed by atoms with Crippen molar-refractivity contribution < 1.29 is 9.31 Å². The van der Waals surface area contributed by atoms with Crippen LogP contribution in [0.1, 0.15) is 29.5 Å². The molecule has 4 nitrogen and oxygen atoms in total. The minimum absolute atomic E-state index is 0.00227. The highest BCUT2D eigenvalue weighted by molar-refractivity contribution is 9.10. The number of hydrogen-bond acceptors (Lipinski definition) is 4. The summed E-state index contributed by atoms with van der Waals surface area (Å²) in [5.74, 6) is -0.0253. The van der Waals surface area contributed by atoms with Crippen LogP contribution in [-0.4, -0.2) is 15.6 Å². The maximum absolute atomic E-state index is 13.6. The Morgan fingerprint density at radius 3 is 2.62 bits per heavy atom. The summed E-state index contributed by atoms with van der Waals surface area (Å²) in [7, 11) is 0. The quantitative estimate of drug-likeness (QED) is 0.214. The molecule has 0 radical (unpaired) electrons. The fraction of sp³-hybridized carbons (Fsp3) is 0.250. The first-order valence-corrected chi connectivity index (χ1v) is 12.4. The Kier molecular flexibility index (Phi) is 5.90. The highest BCUT2D eigenvalue weighted by atomic mass is 79.9. The van der Waals surface area contributed by atoms with Gasteiger partial charge in [0.05, 0.1) is 21.2 Å². The highest BCUT2D eigenvalue weighted by Crippen LogP contribution is 2.58. The van der Waals surface area contributed by atoms with E-state index in [-0.39, 0.29) is 44.9 Å². The molecule has 0 aromatic heterocycles. The van der Waals surface area contributed by atoms with E-state index in [1.165, 1.54) is 30.0 Å². The van der Waals surface area contributed by atoms with Crippen molar-refractivity contribution >= 4 is 50.7 Å². The lowest BCUT2D eigenvalue weighted by molar-refractivity contribution is -0.387. The van der Waals surface area contributed by atoms with Gasteiger partial charge in [0, 0.05) is 27.4 Å². The molecule has 0 bridgehead atoms. The Bertz CT molecular complexity index is 1180. The molecular weight excluding hydrogens is 515 g/mol. The lowest BCUT2D eigenvalue weighted by atomic mass is 9.77. The summed E-state index contributed by atoms with van der Waals surface area (Å²) in [6.07, 6.45) is 0.788. The number of nitrogens with zero attached hydrogens (tertiary/aromatic N) is 1. The van der Waals surface area contributed by atoms with Gasteiger partial charge in [-0.2, -0.15) is 0 Å². The van der Waals surface area contributed by atoms with E-state index in [0.717, 1.165) is 27.7 Å². The second-order valence-corrected chi connectivity index (χ2v) is 10.9. The second kappa shape index (κ2) is 8.69. The molecule has 1 saturated carbocycles. The van der Waals surface area contributed by atoms with Gasteiger partial charge in [-0.15, -0.1) is 23.4 Å². The van der Waals surface area contributed by atoms with Gasteiger partial charge >= 0.3 is 0 Å². The van der Waals surface area contributed by atoms with E-state index in [1.807, 2.05) is 30.3 Å². The van der Waals surface area contributed by atoms with Crippen molar-refractivity contribution in [2.75, 3.05) is 5.32 Å². The Labute approximate surface area is 202 Å². The van der Waals surface area contributed by atoms with Crippen LogP contribution in [-0.2, 0) is 0 Å². The summed E-state index contributed by atoms with van der Waals surface area (Å²) in [6, 6.07) is 19.5. The molecule has 1 N–H and O–H groups in total. The average molecular weight is 534 g/mol. The zero-order chi connectivity index (χ0) is 22.4. The number of fused-ring (bicyclic) bond motifs is 3. The molecule has 0 spiro atoms. The molecule has 0 unspecified atom stereocenters. The summed E-state index contributed by atoms with van der Waals surface area (Å²) in [5, 5.41) is 15.0. The standard InChI is InChI=1S/C24H19BrClFN2O2S/c25-14-7-10-18-16(11-14)22-17(24(28-18)13-5-8-15(27)9-6-13)12-21(23(22)26)32-20-4-2-1-3-19(20)29(30)31/h1-11,17,21-24,28H,12H2/t17-,21+,22+,23+,24-/m0/s1. The Morgan fingerprint density at radius 2 is 1.88 bits per heavy atom. The van der Waals surface area contributed by atoms with Crippen molar-refractivity contribution in [3.8, 4) is 0 Å². The van der Waals surface area contributed by atoms with Crippen LogP contribution in [0, 0.1) is 21.8 Å². The molecule has 1 heterocycles. The van der Waals surface area contributed by atoms with Gasteiger partial charge in [0.15, 0.2) is 0 Å². The number of thioether (sulfide) groups is 1. The summed E-state index contributed by atoms with van der Waals surface area (Å²) in [6.45, 7) is 0. The lowest BCUT2D eigenvalue weighted by Gasteiger charge is -2.38. The molecule has 5 rings (SSSR count). The number of nitro groups is 1. The molecular formula is C24H19BrClFN2O2S. The number of alkyl halides is 1. The van der Waals surface area contributed by atoms with Crippen LogP contribution in [0.2, 0.25) is 0 Å². The van der Waals surface area contributed by atoms with E-state index in [1.54, 1.807) is 12.1 Å². The lowest BCUT2D eigenvalue weighted by Crippen LogP contribution is -2.31. The average Bonchev–Trinajstić information content (AvgIpc) is 3.10. The van der Waals surface area contributed by atoms with Gasteiger partial charge in [0.1, 0.15) is 5.82 Å². The van der Waals surface area contributed by atoms with Crippen molar-refractivity contribution in [1.29, 1.82) is 0 Å². The van der Waals surface area contributed by atoms with Crippen LogP contribution >= 0.6 is 39.3 Å². The molecule has 1 aliphatic heterocycles. The molecule has 1 fully saturated rings. The summed E-state index contributed by atoms with van der Waals surface area (Å²) in [4.78, 5) is 11.8. The number of para-hydroxylation sites is 1. The van der Waals surface area contributed by atoms with Crippen LogP contribution in [0.5, 0.6) is 0 Å². The maximum atomic E-state index is 13.6. The van der Waals surface area contributed by atoms with Crippen LogP contribution in [0.25, 0.3) is 0 Å². The Hall–Kier alpha value is -2.09. The minimum Gasteiger partial charge on any atom is -0.378 e. The van der Waals surface area contributed by atoms with Gasteiger partial charge in [0.2, 0.25) is 0 Å². The van der Waals surface area contributed by atoms with Gasteiger partial charge in [-0.25, -0.2) is 4.39 Å². The van der Waals surface area contributed by atoms with Crippen molar-refractivity contribution in [2.24, 2.45) is 5.92 Å². The van der Waals surface area contributed by atoms with Gasteiger partial charge in [0.25, 0.3) is 5.69 Å². The monoisotopic (exact) mass is 532 g/mol. The van der Waals surface area contributed by atoms with Gasteiger partial charge in [-0.05, 0) is 59.9 Å². The highest BCUT2D eigenvalue weighted by Gasteiger charge is 2.50. The number of nitro benzene ring substituents is 1. The van der Waals surface area contributed by atoms with E-state index in [2.05, 4.69) is 27.3 Å². The molecule has 3 aromatic carbocycles. The third kappa shape index (κ3) is 3.91. The third-order valence-corrected chi connectivity index (χ3v) is 8.95. The van der Waals surface area contributed by atoms with E-state index >= 15 is 0 Å². The first-order valence-electron chi connectivity index (χ1n) is 10.3.